The third kappa shape index (κ3) is 16.5. The Labute approximate surface area is 576 Å². The number of nitrogens with zero attached hydrogens (tertiary/aromatic N) is 4. The van der Waals surface area contributed by atoms with Gasteiger partial charge in [0.25, 0.3) is 0 Å². The van der Waals surface area contributed by atoms with E-state index in [0.29, 0.717) is 29.6 Å². The Morgan fingerprint density at radius 3 is 1.19 bits per heavy atom. The van der Waals surface area contributed by atoms with Crippen LogP contribution in [-0.2, 0) is 20.5 Å². The van der Waals surface area contributed by atoms with Crippen LogP contribution in [-0.4, -0.2) is 88.8 Å². The van der Waals surface area contributed by atoms with Gasteiger partial charge >= 0.3 is 20.3 Å². The molecule has 97 heavy (non-hydrogen) atoms. The predicted molar refractivity (Wildman–Crippen MR) is 403 cm³/mol. The minimum absolute atomic E-state index is 0.142. The molecule has 2 aliphatic heterocycles. The Kier molecular flexibility index (Phi) is 19.9. The van der Waals surface area contributed by atoms with Crippen molar-refractivity contribution in [3.63, 3.8) is 0 Å². The summed E-state index contributed by atoms with van der Waals surface area (Å²) in [5.74, 6) is 4.11. The first-order valence-electron chi connectivity index (χ1n) is 34.3. The summed E-state index contributed by atoms with van der Waals surface area (Å²) >= 11 is 0. The SMILES string of the molecule is C[C@H](c1nc2ccc(-c3ccc(-c4ccc5c(c4)CC([C@@H](NC(=O)OC(C)(C)C)C(C)(C)C)=N5)cc3)cc2[nH]1)C(C)(C)C.C[C@H](c1nc2ccc(-c3ccc(B(O)O)cc3)cc2[nH]1)C(C)(C)C.C[C@H](c1nc2ccc(-c3ccc(B4OC(C)(C)C(C)(C)O4)cc3)cc2[nH]1)C(C)(C)C. The Balaban J connectivity index is 0.000000166. The molecule has 12 rings (SSSR count). The van der Waals surface area contributed by atoms with Crippen molar-refractivity contribution in [2.75, 3.05) is 0 Å². The Bertz CT molecular complexity index is 4450. The van der Waals surface area contributed by atoms with Gasteiger partial charge in [0.15, 0.2) is 0 Å². The molecule has 6 N–H and O–H groups in total. The molecule has 0 aliphatic carbocycles. The van der Waals surface area contributed by atoms with Crippen LogP contribution in [0.3, 0.4) is 0 Å². The first-order chi connectivity index (χ1) is 45.1. The fraction of sp³-hybridized carbons (Fsp3) is 0.420. The number of rotatable bonds is 11. The van der Waals surface area contributed by atoms with Crippen LogP contribution in [0.25, 0.3) is 77.6 Å². The maximum Gasteiger partial charge on any atom is 0.494 e. The molecule has 0 spiro atoms. The van der Waals surface area contributed by atoms with Crippen LogP contribution in [0, 0.1) is 21.7 Å². The topological polar surface area (TPSA) is 196 Å². The van der Waals surface area contributed by atoms with E-state index in [0.717, 1.165) is 101 Å². The zero-order valence-electron chi connectivity index (χ0n) is 61.3. The van der Waals surface area contributed by atoms with Crippen molar-refractivity contribution in [3.05, 3.63) is 169 Å². The van der Waals surface area contributed by atoms with E-state index >= 15 is 0 Å². The second kappa shape index (κ2) is 26.9. The molecule has 16 heteroatoms. The number of benzene rings is 7. The lowest BCUT2D eigenvalue weighted by molar-refractivity contribution is 0.00578. The van der Waals surface area contributed by atoms with Crippen LogP contribution < -0.4 is 16.2 Å². The average molecular weight is 1310 g/mol. The lowest BCUT2D eigenvalue weighted by Gasteiger charge is -2.32. The van der Waals surface area contributed by atoms with E-state index in [1.165, 1.54) is 16.7 Å². The Morgan fingerprint density at radius 1 is 0.495 bits per heavy atom. The number of hydrogen-bond donors (Lipinski definition) is 6. The number of carbonyl (C=O) groups is 1. The Morgan fingerprint density at radius 2 is 0.835 bits per heavy atom. The van der Waals surface area contributed by atoms with Crippen molar-refractivity contribution < 1.29 is 28.9 Å². The quantitative estimate of drug-likeness (QED) is 0.0683. The molecule has 2 aliphatic rings. The number of amides is 1. The zero-order chi connectivity index (χ0) is 70.7. The number of ether oxygens (including phenoxy) is 1. The molecule has 1 amide bonds. The van der Waals surface area contributed by atoms with Crippen LogP contribution in [0.5, 0.6) is 0 Å². The van der Waals surface area contributed by atoms with Crippen molar-refractivity contribution >= 4 is 75.8 Å². The van der Waals surface area contributed by atoms with E-state index in [1.807, 2.05) is 45.0 Å². The predicted octanol–water partition coefficient (Wildman–Crippen LogP) is 18.4. The van der Waals surface area contributed by atoms with Crippen molar-refractivity contribution in [3.8, 4) is 44.5 Å². The maximum atomic E-state index is 12.6. The van der Waals surface area contributed by atoms with E-state index in [4.69, 9.17) is 34.0 Å². The minimum atomic E-state index is -1.43. The molecule has 14 nitrogen and oxygen atoms in total. The summed E-state index contributed by atoms with van der Waals surface area (Å²) < 4.78 is 17.9. The number of aromatic amines is 3. The smallest absolute Gasteiger partial charge is 0.444 e. The lowest BCUT2D eigenvalue weighted by Crippen LogP contribution is -2.50. The molecular formula is C81H102B2N8O6. The molecule has 0 radical (unpaired) electrons. The molecule has 0 unspecified atom stereocenters. The number of carbonyl (C=O) groups excluding carboxylic acids is 1. The van der Waals surface area contributed by atoms with Gasteiger partial charge in [-0.15, -0.1) is 0 Å². The number of aromatic nitrogens is 6. The van der Waals surface area contributed by atoms with Crippen LogP contribution in [0.4, 0.5) is 10.5 Å². The minimum Gasteiger partial charge on any atom is -0.444 e. The summed E-state index contributed by atoms with van der Waals surface area (Å²) in [5.41, 5.74) is 18.8. The van der Waals surface area contributed by atoms with Gasteiger partial charge in [0, 0.05) is 29.9 Å². The lowest BCUT2D eigenvalue weighted by atomic mass is 9.78. The molecule has 10 aromatic rings. The third-order valence-electron chi connectivity index (χ3n) is 20.1. The second-order valence-electron chi connectivity index (χ2n) is 33.2. The van der Waals surface area contributed by atoms with Crippen molar-refractivity contribution in [2.45, 2.75) is 199 Å². The molecule has 1 saturated heterocycles. The van der Waals surface area contributed by atoms with Crippen LogP contribution in [0.15, 0.2) is 151 Å². The van der Waals surface area contributed by atoms with Crippen molar-refractivity contribution in [1.29, 1.82) is 0 Å². The molecule has 1 fully saturated rings. The standard InChI is InChI=1S/C37H46N4O2.C25H33BN2O2.C19H23BN2O2/c1-22(35(2,3)4)33-39-29-18-16-26(20-30(29)40-33)24-13-11-23(12-14-24)25-15-17-28-27(19-25)21-31(38-28)32(36(5,6)7)41-34(42)43-37(8,9)10;1-16(23(2,3)4)22-27-20-14-11-18(15-21(20)28-22)17-9-12-19(13-10-17)26-29-24(5,6)25(7,8)30-26;1-12(19(2,3)4)18-21-16-10-7-14(11-17(16)22-18)13-5-8-15(9-6-13)20(23)24/h11-20,22,32H,21H2,1-10H3,(H,39,40)(H,41,42);9-16H,1-8H3,(H,27,28);5-12,23-24H,1-4H3,(H,21,22)/t22-,32-;16-;12-/m111/s1. The molecule has 4 atom stereocenters. The first-order valence-corrected chi connectivity index (χ1v) is 34.3. The number of nitrogens with one attached hydrogen (secondary N) is 4. The summed E-state index contributed by atoms with van der Waals surface area (Å²) in [6, 6.07) is 49.7. The molecule has 7 aromatic carbocycles. The fourth-order valence-corrected chi connectivity index (χ4v) is 11.8. The summed E-state index contributed by atoms with van der Waals surface area (Å²) in [6.07, 6.45) is 0.275. The number of imidazole rings is 3. The van der Waals surface area contributed by atoms with E-state index in [1.54, 1.807) is 12.1 Å². The van der Waals surface area contributed by atoms with E-state index < -0.39 is 18.8 Å². The van der Waals surface area contributed by atoms with E-state index in [2.05, 4.69) is 261 Å². The molecule has 3 aromatic heterocycles. The summed E-state index contributed by atoms with van der Waals surface area (Å²) in [5, 5.41) is 21.5. The number of H-pyrrole nitrogens is 3. The van der Waals surface area contributed by atoms with Gasteiger partial charge in [-0.25, -0.2) is 19.7 Å². The number of fused-ring (bicyclic) bond motifs is 4. The van der Waals surface area contributed by atoms with E-state index in [-0.39, 0.29) is 46.0 Å². The van der Waals surface area contributed by atoms with Gasteiger partial charge in [-0.2, -0.15) is 0 Å². The van der Waals surface area contributed by atoms with Gasteiger partial charge in [-0.1, -0.05) is 201 Å². The number of aliphatic imine (C=N–C) groups is 1. The maximum absolute atomic E-state index is 12.6. The van der Waals surface area contributed by atoms with Gasteiger partial charge in [-0.05, 0) is 180 Å². The largest absolute Gasteiger partial charge is 0.494 e. The van der Waals surface area contributed by atoms with Crippen LogP contribution >= 0.6 is 0 Å². The summed E-state index contributed by atoms with van der Waals surface area (Å²) in [4.78, 5) is 42.6. The first kappa shape index (κ1) is 71.6. The molecule has 0 saturated carbocycles. The van der Waals surface area contributed by atoms with Gasteiger partial charge in [0.05, 0.1) is 56.0 Å². The fourth-order valence-electron chi connectivity index (χ4n) is 11.8. The van der Waals surface area contributed by atoms with Gasteiger partial charge in [0.2, 0.25) is 0 Å². The number of alkyl carbamates (subject to hydrolysis) is 1. The molecular weight excluding hydrogens is 1200 g/mol. The van der Waals surface area contributed by atoms with Crippen molar-refractivity contribution in [2.24, 2.45) is 26.7 Å². The molecule has 0 bridgehead atoms. The van der Waals surface area contributed by atoms with E-state index in [9.17, 15) is 14.8 Å². The number of hydrogen-bond acceptors (Lipinski definition) is 10. The molecule has 508 valence electrons. The second-order valence-corrected chi connectivity index (χ2v) is 33.2. The van der Waals surface area contributed by atoms with Crippen LogP contribution in [0.1, 0.15) is 193 Å². The normalized spacial score (nSPS) is 16.0. The summed E-state index contributed by atoms with van der Waals surface area (Å²) in [6.45, 7) is 47.1. The highest BCUT2D eigenvalue weighted by Crippen LogP contribution is 2.41. The van der Waals surface area contributed by atoms with Crippen LogP contribution in [0.2, 0.25) is 0 Å². The van der Waals surface area contributed by atoms with Gasteiger partial charge in [0.1, 0.15) is 23.1 Å². The molecule has 5 heterocycles. The third-order valence-corrected chi connectivity index (χ3v) is 20.1. The highest BCUT2D eigenvalue weighted by atomic mass is 16.7. The summed E-state index contributed by atoms with van der Waals surface area (Å²) in [7, 11) is -1.77. The average Bonchev–Trinajstić information content (AvgIpc) is 1.66. The highest BCUT2D eigenvalue weighted by molar-refractivity contribution is 6.62. The highest BCUT2D eigenvalue weighted by Gasteiger charge is 2.51. The zero-order valence-corrected chi connectivity index (χ0v) is 61.3. The van der Waals surface area contributed by atoms with Gasteiger partial charge < -0.3 is 44.4 Å². The Hall–Kier alpha value is -8.14. The van der Waals surface area contributed by atoms with Gasteiger partial charge in [-0.3, -0.25) is 4.99 Å². The monoisotopic (exact) mass is 1300 g/mol. The van der Waals surface area contributed by atoms with Crippen molar-refractivity contribution in [1.82, 2.24) is 35.2 Å².